The van der Waals surface area contributed by atoms with E-state index in [4.69, 9.17) is 11.0 Å². The predicted octanol–water partition coefficient (Wildman–Crippen LogP) is 2.05. The molecule has 0 aromatic carbocycles. The van der Waals surface area contributed by atoms with E-state index >= 15 is 0 Å². The van der Waals surface area contributed by atoms with Crippen LogP contribution in [0.2, 0.25) is 0 Å². The SMILES string of the molecule is CC(C)(CCN)CCC(=O)N(CCC#N)C1CC1. The molecule has 18 heavy (non-hydrogen) atoms. The zero-order chi connectivity index (χ0) is 13.6. The number of carbonyl (C=O) groups excluding carboxylic acids is 1. The van der Waals surface area contributed by atoms with Crippen molar-refractivity contribution in [3.63, 3.8) is 0 Å². The summed E-state index contributed by atoms with van der Waals surface area (Å²) < 4.78 is 0. The highest BCUT2D eigenvalue weighted by molar-refractivity contribution is 5.76. The van der Waals surface area contributed by atoms with E-state index in [1.165, 1.54) is 0 Å². The lowest BCUT2D eigenvalue weighted by Crippen LogP contribution is -2.34. The van der Waals surface area contributed by atoms with Crippen LogP contribution in [0, 0.1) is 16.7 Å². The molecule has 0 atom stereocenters. The Bertz CT molecular complexity index is 315. The van der Waals surface area contributed by atoms with E-state index in [-0.39, 0.29) is 11.3 Å². The van der Waals surface area contributed by atoms with Crippen molar-refractivity contribution in [1.29, 1.82) is 5.26 Å². The Hall–Kier alpha value is -1.08. The van der Waals surface area contributed by atoms with Crippen LogP contribution in [0.4, 0.5) is 0 Å². The fourth-order valence-electron chi connectivity index (χ4n) is 2.17. The summed E-state index contributed by atoms with van der Waals surface area (Å²) in [5.74, 6) is 0.206. The third-order valence-corrected chi connectivity index (χ3v) is 3.61. The molecule has 0 radical (unpaired) electrons. The molecule has 102 valence electrons. The number of rotatable bonds is 8. The van der Waals surface area contributed by atoms with Crippen LogP contribution < -0.4 is 5.73 Å². The maximum absolute atomic E-state index is 12.2. The highest BCUT2D eigenvalue weighted by atomic mass is 16.2. The van der Waals surface area contributed by atoms with Crippen molar-refractivity contribution in [2.45, 2.75) is 58.4 Å². The molecule has 1 amide bonds. The number of carbonyl (C=O) groups is 1. The monoisotopic (exact) mass is 251 g/mol. The lowest BCUT2D eigenvalue weighted by molar-refractivity contribution is -0.132. The number of nitrogens with zero attached hydrogens (tertiary/aromatic N) is 2. The standard InChI is InChI=1S/C14H25N3O/c1-14(2,8-10-16)7-6-13(18)17(11-3-9-15)12-4-5-12/h12H,3-8,10-11,16H2,1-2H3. The second kappa shape index (κ2) is 6.75. The quantitative estimate of drug-likeness (QED) is 0.717. The number of amides is 1. The normalized spacial score (nSPS) is 15.2. The summed E-state index contributed by atoms with van der Waals surface area (Å²) in [5, 5.41) is 8.63. The average Bonchev–Trinajstić information content (AvgIpc) is 3.11. The van der Waals surface area contributed by atoms with Crippen LogP contribution in [-0.2, 0) is 4.79 Å². The Morgan fingerprint density at radius 2 is 2.11 bits per heavy atom. The summed E-state index contributed by atoms with van der Waals surface area (Å²) in [6.45, 7) is 5.58. The van der Waals surface area contributed by atoms with Gasteiger partial charge in [0.05, 0.1) is 12.5 Å². The van der Waals surface area contributed by atoms with Gasteiger partial charge in [0.15, 0.2) is 0 Å². The van der Waals surface area contributed by atoms with Gasteiger partial charge in [0.2, 0.25) is 5.91 Å². The zero-order valence-corrected chi connectivity index (χ0v) is 11.6. The third-order valence-electron chi connectivity index (χ3n) is 3.61. The van der Waals surface area contributed by atoms with E-state index in [1.54, 1.807) is 0 Å². The molecule has 0 saturated heterocycles. The van der Waals surface area contributed by atoms with Crippen molar-refractivity contribution < 1.29 is 4.79 Å². The average molecular weight is 251 g/mol. The first kappa shape index (κ1) is 15.0. The van der Waals surface area contributed by atoms with Gasteiger partial charge >= 0.3 is 0 Å². The molecule has 0 aliphatic heterocycles. The summed E-state index contributed by atoms with van der Waals surface area (Å²) in [4.78, 5) is 14.1. The largest absolute Gasteiger partial charge is 0.339 e. The number of nitrogens with two attached hydrogens (primary N) is 1. The van der Waals surface area contributed by atoms with Crippen LogP contribution in [-0.4, -0.2) is 29.9 Å². The molecular formula is C14H25N3O. The minimum Gasteiger partial charge on any atom is -0.339 e. The van der Waals surface area contributed by atoms with Crippen molar-refractivity contribution >= 4 is 5.91 Å². The summed E-state index contributed by atoms with van der Waals surface area (Å²) in [7, 11) is 0. The van der Waals surface area contributed by atoms with Gasteiger partial charge < -0.3 is 10.6 Å². The maximum atomic E-state index is 12.2. The topological polar surface area (TPSA) is 70.1 Å². The molecule has 4 heteroatoms. The van der Waals surface area contributed by atoms with Crippen LogP contribution >= 0.6 is 0 Å². The molecule has 0 unspecified atom stereocenters. The van der Waals surface area contributed by atoms with Crippen molar-refractivity contribution in [2.75, 3.05) is 13.1 Å². The fraction of sp³-hybridized carbons (Fsp3) is 0.857. The van der Waals surface area contributed by atoms with Gasteiger partial charge in [0, 0.05) is 19.0 Å². The third kappa shape index (κ3) is 5.05. The highest BCUT2D eigenvalue weighted by Gasteiger charge is 2.32. The first-order valence-electron chi connectivity index (χ1n) is 6.86. The Labute approximate surface area is 110 Å². The number of nitriles is 1. The van der Waals surface area contributed by atoms with E-state index in [1.807, 2.05) is 4.90 Å². The number of hydrogen-bond donors (Lipinski definition) is 1. The van der Waals surface area contributed by atoms with Crippen LogP contribution in [0.15, 0.2) is 0 Å². The first-order valence-corrected chi connectivity index (χ1v) is 6.86. The summed E-state index contributed by atoms with van der Waals surface area (Å²) in [6, 6.07) is 2.52. The predicted molar refractivity (Wildman–Crippen MR) is 71.7 cm³/mol. The molecule has 0 aromatic rings. The maximum Gasteiger partial charge on any atom is 0.222 e. The van der Waals surface area contributed by atoms with E-state index in [9.17, 15) is 4.79 Å². The Kier molecular flexibility index (Phi) is 5.61. The molecule has 4 nitrogen and oxygen atoms in total. The Morgan fingerprint density at radius 3 is 2.61 bits per heavy atom. The van der Waals surface area contributed by atoms with Gasteiger partial charge in [-0.1, -0.05) is 13.8 Å². The second-order valence-corrected chi connectivity index (χ2v) is 5.93. The van der Waals surface area contributed by atoms with Crippen molar-refractivity contribution in [3.8, 4) is 6.07 Å². The fourth-order valence-corrected chi connectivity index (χ4v) is 2.17. The Balaban J connectivity index is 2.39. The summed E-state index contributed by atoms with van der Waals surface area (Å²) >= 11 is 0. The van der Waals surface area contributed by atoms with Crippen molar-refractivity contribution in [1.82, 2.24) is 4.90 Å². The smallest absolute Gasteiger partial charge is 0.222 e. The van der Waals surface area contributed by atoms with E-state index < -0.39 is 0 Å². The Morgan fingerprint density at radius 1 is 1.44 bits per heavy atom. The summed E-state index contributed by atoms with van der Waals surface area (Å²) in [5.41, 5.74) is 5.71. The van der Waals surface area contributed by atoms with Crippen molar-refractivity contribution in [2.24, 2.45) is 11.1 Å². The van der Waals surface area contributed by atoms with Gasteiger partial charge in [0.25, 0.3) is 0 Å². The van der Waals surface area contributed by atoms with Gasteiger partial charge in [-0.2, -0.15) is 5.26 Å². The van der Waals surface area contributed by atoms with Crippen LogP contribution in [0.3, 0.4) is 0 Å². The highest BCUT2D eigenvalue weighted by Crippen LogP contribution is 2.30. The molecule has 0 spiro atoms. The van der Waals surface area contributed by atoms with E-state index in [0.717, 1.165) is 25.7 Å². The lowest BCUT2D eigenvalue weighted by atomic mass is 9.84. The van der Waals surface area contributed by atoms with Gasteiger partial charge in [-0.3, -0.25) is 4.79 Å². The molecule has 1 saturated carbocycles. The number of hydrogen-bond acceptors (Lipinski definition) is 3. The zero-order valence-electron chi connectivity index (χ0n) is 11.6. The minimum atomic E-state index is 0.134. The molecule has 2 N–H and O–H groups in total. The lowest BCUT2D eigenvalue weighted by Gasteiger charge is -2.26. The van der Waals surface area contributed by atoms with E-state index in [2.05, 4.69) is 19.9 Å². The van der Waals surface area contributed by atoms with Gasteiger partial charge in [0.1, 0.15) is 0 Å². The molecule has 1 aliphatic carbocycles. The molecule has 0 aromatic heterocycles. The summed E-state index contributed by atoms with van der Waals surface area (Å²) in [6.07, 6.45) is 5.04. The van der Waals surface area contributed by atoms with Gasteiger partial charge in [-0.25, -0.2) is 0 Å². The molecule has 1 aliphatic rings. The van der Waals surface area contributed by atoms with Crippen LogP contribution in [0.1, 0.15) is 52.4 Å². The van der Waals surface area contributed by atoms with Gasteiger partial charge in [-0.05, 0) is 37.6 Å². The molecule has 1 fully saturated rings. The molecule has 1 rings (SSSR count). The van der Waals surface area contributed by atoms with Crippen molar-refractivity contribution in [3.05, 3.63) is 0 Å². The van der Waals surface area contributed by atoms with E-state index in [0.29, 0.717) is 32.0 Å². The molecule has 0 heterocycles. The minimum absolute atomic E-state index is 0.134. The molecular weight excluding hydrogens is 226 g/mol. The second-order valence-electron chi connectivity index (χ2n) is 5.93. The van der Waals surface area contributed by atoms with Crippen LogP contribution in [0.25, 0.3) is 0 Å². The van der Waals surface area contributed by atoms with Crippen LogP contribution in [0.5, 0.6) is 0 Å². The molecule has 0 bridgehead atoms. The van der Waals surface area contributed by atoms with Gasteiger partial charge in [-0.15, -0.1) is 0 Å². The first-order chi connectivity index (χ1) is 8.50.